The number of nitrogens with one attached hydrogen (secondary N) is 1. The Kier molecular flexibility index (Phi) is 6.36. The van der Waals surface area contributed by atoms with E-state index < -0.39 is 5.97 Å². The number of carbonyl (C=O) groups is 1. The van der Waals surface area contributed by atoms with Crippen molar-refractivity contribution >= 4 is 5.97 Å². The van der Waals surface area contributed by atoms with Gasteiger partial charge in [0.15, 0.2) is 0 Å². The highest BCUT2D eigenvalue weighted by atomic mass is 19.1. The zero-order chi connectivity index (χ0) is 13.4. The van der Waals surface area contributed by atoms with Gasteiger partial charge in [-0.25, -0.2) is 4.39 Å². The van der Waals surface area contributed by atoms with E-state index in [-0.39, 0.29) is 18.3 Å². The molecule has 4 heteroatoms. The van der Waals surface area contributed by atoms with E-state index in [9.17, 15) is 9.18 Å². The normalized spacial score (nSPS) is 12.3. The largest absolute Gasteiger partial charge is 0.481 e. The highest BCUT2D eigenvalue weighted by Crippen LogP contribution is 2.13. The first kappa shape index (κ1) is 14.6. The molecular formula is C14H20FNO2. The molecule has 0 aliphatic rings. The molecule has 0 heterocycles. The van der Waals surface area contributed by atoms with Crippen LogP contribution in [-0.4, -0.2) is 17.6 Å². The maximum atomic E-state index is 13.0. The van der Waals surface area contributed by atoms with Gasteiger partial charge in [-0.05, 0) is 44.0 Å². The molecule has 0 spiro atoms. The predicted molar refractivity (Wildman–Crippen MR) is 68.9 cm³/mol. The van der Waals surface area contributed by atoms with Crippen LogP contribution in [0.1, 0.15) is 44.2 Å². The maximum absolute atomic E-state index is 13.0. The lowest BCUT2D eigenvalue weighted by molar-refractivity contribution is -0.137. The number of hydrogen-bond donors (Lipinski definition) is 2. The molecule has 0 aliphatic heterocycles. The van der Waals surface area contributed by atoms with Gasteiger partial charge >= 0.3 is 5.97 Å². The number of carboxylic acids is 1. The third kappa shape index (κ3) is 5.77. The zero-order valence-electron chi connectivity index (χ0n) is 10.7. The van der Waals surface area contributed by atoms with Gasteiger partial charge in [0.2, 0.25) is 0 Å². The third-order valence-corrected chi connectivity index (χ3v) is 2.87. The summed E-state index contributed by atoms with van der Waals surface area (Å²) in [6.45, 7) is 2.81. The summed E-state index contributed by atoms with van der Waals surface area (Å²) in [6.07, 6.45) is 2.78. The quantitative estimate of drug-likeness (QED) is 0.700. The Bertz CT molecular complexity index is 382. The van der Waals surface area contributed by atoms with E-state index in [1.807, 2.05) is 13.0 Å². The molecule has 0 unspecified atom stereocenters. The summed E-state index contributed by atoms with van der Waals surface area (Å²) in [6, 6.07) is 6.67. The maximum Gasteiger partial charge on any atom is 0.303 e. The van der Waals surface area contributed by atoms with Crippen molar-refractivity contribution in [3.05, 3.63) is 35.6 Å². The number of hydrogen-bond acceptors (Lipinski definition) is 2. The second-order valence-electron chi connectivity index (χ2n) is 4.44. The first-order valence-corrected chi connectivity index (χ1v) is 6.30. The number of halogens is 1. The van der Waals surface area contributed by atoms with E-state index in [4.69, 9.17) is 5.11 Å². The van der Waals surface area contributed by atoms with Crippen LogP contribution in [0.25, 0.3) is 0 Å². The van der Waals surface area contributed by atoms with Crippen LogP contribution in [0.2, 0.25) is 0 Å². The Labute approximate surface area is 107 Å². The fourth-order valence-corrected chi connectivity index (χ4v) is 1.79. The molecule has 1 aromatic carbocycles. The van der Waals surface area contributed by atoms with E-state index in [1.165, 1.54) is 12.1 Å². The monoisotopic (exact) mass is 253 g/mol. The van der Waals surface area contributed by atoms with Gasteiger partial charge < -0.3 is 10.4 Å². The standard InChI is InChI=1S/C14H20FNO2/c1-11(12-6-5-7-13(15)10-12)16-9-4-2-3-8-14(17)18/h5-7,10-11,16H,2-4,8-9H2,1H3,(H,17,18)/t11-/m1/s1. The minimum absolute atomic E-state index is 0.111. The van der Waals surface area contributed by atoms with Gasteiger partial charge in [0.1, 0.15) is 5.82 Å². The minimum atomic E-state index is -0.740. The predicted octanol–water partition coefficient (Wildman–Crippen LogP) is 3.12. The molecular weight excluding hydrogens is 233 g/mol. The smallest absolute Gasteiger partial charge is 0.303 e. The van der Waals surface area contributed by atoms with Crippen LogP contribution in [-0.2, 0) is 4.79 Å². The summed E-state index contributed by atoms with van der Waals surface area (Å²) in [5, 5.41) is 11.8. The van der Waals surface area contributed by atoms with Crippen LogP contribution in [0.3, 0.4) is 0 Å². The molecule has 0 aromatic heterocycles. The Hall–Kier alpha value is -1.42. The van der Waals surface area contributed by atoms with Gasteiger partial charge in [-0.3, -0.25) is 4.79 Å². The lowest BCUT2D eigenvalue weighted by atomic mass is 10.1. The third-order valence-electron chi connectivity index (χ3n) is 2.87. The molecule has 3 nitrogen and oxygen atoms in total. The molecule has 0 saturated carbocycles. The van der Waals surface area contributed by atoms with Crippen LogP contribution >= 0.6 is 0 Å². The fraction of sp³-hybridized carbons (Fsp3) is 0.500. The summed E-state index contributed by atoms with van der Waals surface area (Å²) >= 11 is 0. The summed E-state index contributed by atoms with van der Waals surface area (Å²) < 4.78 is 13.0. The molecule has 18 heavy (non-hydrogen) atoms. The Morgan fingerprint density at radius 2 is 2.17 bits per heavy atom. The van der Waals surface area contributed by atoms with Gasteiger partial charge in [-0.2, -0.15) is 0 Å². The molecule has 0 fully saturated rings. The lowest BCUT2D eigenvalue weighted by Gasteiger charge is -2.14. The molecule has 0 aliphatic carbocycles. The van der Waals surface area contributed by atoms with Crippen LogP contribution in [0, 0.1) is 5.82 Å². The van der Waals surface area contributed by atoms with Crippen LogP contribution in [0.4, 0.5) is 4.39 Å². The van der Waals surface area contributed by atoms with Crippen molar-refractivity contribution < 1.29 is 14.3 Å². The molecule has 1 aromatic rings. The van der Waals surface area contributed by atoms with E-state index >= 15 is 0 Å². The second kappa shape index (κ2) is 7.82. The Morgan fingerprint density at radius 3 is 2.83 bits per heavy atom. The molecule has 0 radical (unpaired) electrons. The SMILES string of the molecule is C[C@@H](NCCCCCC(=O)O)c1cccc(F)c1. The van der Waals surface area contributed by atoms with E-state index in [0.29, 0.717) is 6.42 Å². The van der Waals surface area contributed by atoms with Crippen LogP contribution in [0.15, 0.2) is 24.3 Å². The highest BCUT2D eigenvalue weighted by molar-refractivity contribution is 5.66. The summed E-state index contributed by atoms with van der Waals surface area (Å²) in [7, 11) is 0. The molecule has 1 atom stereocenters. The summed E-state index contributed by atoms with van der Waals surface area (Å²) in [4.78, 5) is 10.3. The number of carboxylic acid groups (broad SMARTS) is 1. The first-order chi connectivity index (χ1) is 8.59. The van der Waals surface area contributed by atoms with E-state index in [0.717, 1.165) is 24.9 Å². The summed E-state index contributed by atoms with van der Waals surface area (Å²) in [5.74, 6) is -0.960. The van der Waals surface area contributed by atoms with Crippen molar-refractivity contribution in [1.29, 1.82) is 0 Å². The molecule has 1 rings (SSSR count). The molecule has 0 saturated heterocycles. The second-order valence-corrected chi connectivity index (χ2v) is 4.44. The van der Waals surface area contributed by atoms with Gasteiger partial charge in [0.05, 0.1) is 0 Å². The highest BCUT2D eigenvalue weighted by Gasteiger charge is 2.05. The fourth-order valence-electron chi connectivity index (χ4n) is 1.79. The number of rotatable bonds is 8. The average molecular weight is 253 g/mol. The minimum Gasteiger partial charge on any atom is -0.481 e. The van der Waals surface area contributed by atoms with Crippen LogP contribution in [0.5, 0.6) is 0 Å². The molecule has 2 N–H and O–H groups in total. The topological polar surface area (TPSA) is 49.3 Å². The number of unbranched alkanes of at least 4 members (excludes halogenated alkanes) is 2. The number of aliphatic carboxylic acids is 1. The van der Waals surface area contributed by atoms with Gasteiger partial charge in [-0.1, -0.05) is 18.6 Å². The molecule has 100 valence electrons. The Balaban J connectivity index is 2.17. The van der Waals surface area contributed by atoms with Crippen molar-refractivity contribution in [1.82, 2.24) is 5.32 Å². The van der Waals surface area contributed by atoms with Gasteiger partial charge in [0, 0.05) is 12.5 Å². The summed E-state index contributed by atoms with van der Waals surface area (Å²) in [5.41, 5.74) is 0.931. The zero-order valence-corrected chi connectivity index (χ0v) is 10.7. The Morgan fingerprint density at radius 1 is 1.39 bits per heavy atom. The van der Waals surface area contributed by atoms with Gasteiger partial charge in [0.25, 0.3) is 0 Å². The average Bonchev–Trinajstić information content (AvgIpc) is 2.33. The molecule has 0 amide bonds. The van der Waals surface area contributed by atoms with Crippen molar-refractivity contribution in [3.63, 3.8) is 0 Å². The first-order valence-electron chi connectivity index (χ1n) is 6.30. The van der Waals surface area contributed by atoms with Crippen molar-refractivity contribution in [2.75, 3.05) is 6.54 Å². The van der Waals surface area contributed by atoms with Crippen molar-refractivity contribution in [2.24, 2.45) is 0 Å². The molecule has 0 bridgehead atoms. The van der Waals surface area contributed by atoms with Gasteiger partial charge in [-0.15, -0.1) is 0 Å². The van der Waals surface area contributed by atoms with Crippen molar-refractivity contribution in [2.45, 2.75) is 38.6 Å². The lowest BCUT2D eigenvalue weighted by Crippen LogP contribution is -2.19. The number of benzene rings is 1. The van der Waals surface area contributed by atoms with Crippen LogP contribution < -0.4 is 5.32 Å². The van der Waals surface area contributed by atoms with E-state index in [2.05, 4.69) is 5.32 Å². The van der Waals surface area contributed by atoms with Crippen molar-refractivity contribution in [3.8, 4) is 0 Å². The van der Waals surface area contributed by atoms with E-state index in [1.54, 1.807) is 6.07 Å².